The molecule has 0 saturated carbocycles. The van der Waals surface area contributed by atoms with Gasteiger partial charge in [-0.3, -0.25) is 10.2 Å². The lowest BCUT2D eigenvalue weighted by atomic mass is 9.96. The first-order valence-electron chi connectivity index (χ1n) is 9.98. The van der Waals surface area contributed by atoms with Crippen LogP contribution in [-0.4, -0.2) is 60.5 Å². The van der Waals surface area contributed by atoms with Crippen LogP contribution in [0.15, 0.2) is 36.4 Å². The van der Waals surface area contributed by atoms with Gasteiger partial charge in [0.25, 0.3) is 0 Å². The lowest BCUT2D eigenvalue weighted by Gasteiger charge is -2.34. The molecule has 2 fully saturated rings. The average molecular weight is 381 g/mol. The molecule has 0 radical (unpaired) electrons. The molecule has 7 heteroatoms. The molecule has 4 rings (SSSR count). The van der Waals surface area contributed by atoms with Gasteiger partial charge >= 0.3 is 0 Å². The van der Waals surface area contributed by atoms with Gasteiger partial charge < -0.3 is 9.64 Å². The summed E-state index contributed by atoms with van der Waals surface area (Å²) in [6.07, 6.45) is 1.66. The Morgan fingerprint density at radius 2 is 1.79 bits per heavy atom. The van der Waals surface area contributed by atoms with E-state index in [1.54, 1.807) is 0 Å². The van der Waals surface area contributed by atoms with E-state index in [0.717, 1.165) is 56.1 Å². The van der Waals surface area contributed by atoms with Gasteiger partial charge in [-0.1, -0.05) is 24.3 Å². The van der Waals surface area contributed by atoms with Gasteiger partial charge in [-0.15, -0.1) is 10.2 Å². The molecule has 0 aliphatic carbocycles. The number of morpholine rings is 1. The second kappa shape index (κ2) is 8.67. The summed E-state index contributed by atoms with van der Waals surface area (Å²) >= 11 is 0. The number of nitrogens with one attached hydrogen (secondary N) is 1. The Bertz CT molecular complexity index is 797. The first-order chi connectivity index (χ1) is 13.7. The molecule has 0 bridgehead atoms. The fourth-order valence-electron chi connectivity index (χ4n) is 3.79. The number of piperidine rings is 1. The first kappa shape index (κ1) is 18.8. The molecule has 0 spiro atoms. The number of aryl methyl sites for hydroxylation is 1. The Kier molecular flexibility index (Phi) is 5.83. The van der Waals surface area contributed by atoms with Crippen molar-refractivity contribution in [3.63, 3.8) is 0 Å². The predicted molar refractivity (Wildman–Crippen MR) is 108 cm³/mol. The molecule has 1 N–H and O–H groups in total. The van der Waals surface area contributed by atoms with Crippen LogP contribution in [0.3, 0.4) is 0 Å². The summed E-state index contributed by atoms with van der Waals surface area (Å²) in [5, 5.41) is 10.8. The van der Waals surface area contributed by atoms with Crippen LogP contribution in [0.2, 0.25) is 0 Å². The number of nitrogens with zero attached hydrogens (tertiary/aromatic N) is 4. The van der Waals surface area contributed by atoms with E-state index in [0.29, 0.717) is 13.2 Å². The highest BCUT2D eigenvalue weighted by atomic mass is 16.5. The van der Waals surface area contributed by atoms with Crippen LogP contribution in [0.25, 0.3) is 11.3 Å². The number of ether oxygens (including phenoxy) is 1. The molecule has 0 unspecified atom stereocenters. The second-order valence-electron chi connectivity index (χ2n) is 7.43. The zero-order chi connectivity index (χ0) is 19.3. The molecule has 7 nitrogen and oxygen atoms in total. The van der Waals surface area contributed by atoms with Crippen LogP contribution in [0, 0.1) is 12.8 Å². The number of carbonyl (C=O) groups excluding carboxylic acids is 1. The van der Waals surface area contributed by atoms with Gasteiger partial charge in [-0.05, 0) is 37.5 Å². The van der Waals surface area contributed by atoms with E-state index in [1.165, 1.54) is 5.56 Å². The normalized spacial score (nSPS) is 18.8. The fourth-order valence-corrected chi connectivity index (χ4v) is 3.79. The van der Waals surface area contributed by atoms with E-state index in [9.17, 15) is 4.79 Å². The zero-order valence-electron chi connectivity index (χ0n) is 16.3. The van der Waals surface area contributed by atoms with Crippen LogP contribution >= 0.6 is 0 Å². The number of carbonyl (C=O) groups is 1. The SMILES string of the molecule is Cc1ccccc1-c1ccc(N2CCC(C(=O)NN3CCOCC3)CC2)nn1. The highest BCUT2D eigenvalue weighted by molar-refractivity contribution is 5.78. The van der Waals surface area contributed by atoms with Gasteiger partial charge in [0.1, 0.15) is 0 Å². The largest absolute Gasteiger partial charge is 0.379 e. The number of anilines is 1. The number of hydrogen-bond acceptors (Lipinski definition) is 6. The summed E-state index contributed by atoms with van der Waals surface area (Å²) in [4.78, 5) is 14.7. The van der Waals surface area contributed by atoms with E-state index < -0.39 is 0 Å². The number of aromatic nitrogens is 2. The van der Waals surface area contributed by atoms with Gasteiger partial charge in [0.15, 0.2) is 5.82 Å². The molecule has 2 aromatic rings. The van der Waals surface area contributed by atoms with Gasteiger partial charge in [0.05, 0.1) is 18.9 Å². The molecule has 2 aliphatic rings. The first-order valence-corrected chi connectivity index (χ1v) is 9.98. The van der Waals surface area contributed by atoms with Gasteiger partial charge in [0, 0.05) is 37.7 Å². The fraction of sp³-hybridized carbons (Fsp3) is 0.476. The summed E-state index contributed by atoms with van der Waals surface area (Å²) < 4.78 is 5.32. The van der Waals surface area contributed by atoms with Crippen molar-refractivity contribution in [3.8, 4) is 11.3 Å². The van der Waals surface area contributed by atoms with Crippen LogP contribution in [0.4, 0.5) is 5.82 Å². The minimum absolute atomic E-state index is 0.0540. The van der Waals surface area contributed by atoms with Crippen molar-refractivity contribution in [2.24, 2.45) is 5.92 Å². The Hall–Kier alpha value is -2.51. The third-order valence-electron chi connectivity index (χ3n) is 5.54. The van der Waals surface area contributed by atoms with Crippen LogP contribution in [-0.2, 0) is 9.53 Å². The molecular weight excluding hydrogens is 354 g/mol. The molecule has 2 aliphatic heterocycles. The predicted octanol–water partition coefficient (Wildman–Crippen LogP) is 2.03. The van der Waals surface area contributed by atoms with Crippen molar-refractivity contribution in [2.75, 3.05) is 44.3 Å². The lowest BCUT2D eigenvalue weighted by molar-refractivity contribution is -0.132. The molecule has 0 atom stereocenters. The van der Waals surface area contributed by atoms with Crippen molar-refractivity contribution < 1.29 is 9.53 Å². The van der Waals surface area contributed by atoms with E-state index in [-0.39, 0.29) is 11.8 Å². The van der Waals surface area contributed by atoms with Crippen molar-refractivity contribution >= 4 is 11.7 Å². The highest BCUT2D eigenvalue weighted by Gasteiger charge is 2.27. The van der Waals surface area contributed by atoms with E-state index in [1.807, 2.05) is 29.3 Å². The topological polar surface area (TPSA) is 70.6 Å². The van der Waals surface area contributed by atoms with Gasteiger partial charge in [0.2, 0.25) is 5.91 Å². The monoisotopic (exact) mass is 381 g/mol. The number of hydrogen-bond donors (Lipinski definition) is 1. The maximum Gasteiger partial charge on any atom is 0.237 e. The smallest absolute Gasteiger partial charge is 0.237 e. The van der Waals surface area contributed by atoms with Crippen LogP contribution < -0.4 is 10.3 Å². The number of rotatable bonds is 4. The summed E-state index contributed by atoms with van der Waals surface area (Å²) in [5.41, 5.74) is 6.23. The average Bonchev–Trinajstić information content (AvgIpc) is 2.75. The zero-order valence-corrected chi connectivity index (χ0v) is 16.3. The Balaban J connectivity index is 1.32. The third kappa shape index (κ3) is 4.31. The summed E-state index contributed by atoms with van der Waals surface area (Å²) in [6, 6.07) is 12.3. The minimum Gasteiger partial charge on any atom is -0.379 e. The maximum absolute atomic E-state index is 12.5. The van der Waals surface area contributed by atoms with E-state index in [2.05, 4.69) is 39.6 Å². The van der Waals surface area contributed by atoms with Crippen LogP contribution in [0.5, 0.6) is 0 Å². The molecular formula is C21H27N5O2. The molecule has 148 valence electrons. The van der Waals surface area contributed by atoms with E-state index in [4.69, 9.17) is 4.74 Å². The van der Waals surface area contributed by atoms with Gasteiger partial charge in [-0.25, -0.2) is 5.01 Å². The molecule has 28 heavy (non-hydrogen) atoms. The lowest BCUT2D eigenvalue weighted by Crippen LogP contribution is -2.51. The van der Waals surface area contributed by atoms with Gasteiger partial charge in [-0.2, -0.15) is 0 Å². The van der Waals surface area contributed by atoms with Crippen molar-refractivity contribution in [1.82, 2.24) is 20.6 Å². The Labute approximate surface area is 165 Å². The summed E-state index contributed by atoms with van der Waals surface area (Å²) in [6.45, 7) is 6.59. The van der Waals surface area contributed by atoms with E-state index >= 15 is 0 Å². The van der Waals surface area contributed by atoms with Crippen LogP contribution in [0.1, 0.15) is 18.4 Å². The number of hydrazine groups is 1. The maximum atomic E-state index is 12.5. The number of amides is 1. The van der Waals surface area contributed by atoms with Crippen molar-refractivity contribution in [3.05, 3.63) is 42.0 Å². The van der Waals surface area contributed by atoms with Crippen molar-refractivity contribution in [2.45, 2.75) is 19.8 Å². The molecule has 1 aromatic carbocycles. The quantitative estimate of drug-likeness (QED) is 0.874. The number of benzene rings is 1. The molecule has 2 saturated heterocycles. The highest BCUT2D eigenvalue weighted by Crippen LogP contribution is 2.25. The minimum atomic E-state index is 0.0540. The summed E-state index contributed by atoms with van der Waals surface area (Å²) in [5.74, 6) is 1.06. The standard InChI is InChI=1S/C21H27N5O2/c1-16-4-2-3-5-18(16)19-6-7-20(23-22-19)25-10-8-17(9-11-25)21(27)24-26-12-14-28-15-13-26/h2-7,17H,8-15H2,1H3,(H,24,27). The summed E-state index contributed by atoms with van der Waals surface area (Å²) in [7, 11) is 0. The Morgan fingerprint density at radius 1 is 1.04 bits per heavy atom. The molecule has 1 amide bonds. The Morgan fingerprint density at radius 3 is 2.46 bits per heavy atom. The molecule has 1 aromatic heterocycles. The molecule has 3 heterocycles. The third-order valence-corrected chi connectivity index (χ3v) is 5.54. The van der Waals surface area contributed by atoms with Crippen molar-refractivity contribution in [1.29, 1.82) is 0 Å². The second-order valence-corrected chi connectivity index (χ2v) is 7.43.